The normalized spacial score (nSPS) is 17.7. The van der Waals surface area contributed by atoms with Gasteiger partial charge in [-0.05, 0) is 34.4 Å². The molecule has 1 heterocycles. The Morgan fingerprint density at radius 1 is 1.13 bits per heavy atom. The highest BCUT2D eigenvalue weighted by atomic mass is 35.5. The summed E-state index contributed by atoms with van der Waals surface area (Å²) in [6.07, 6.45) is 0. The molecule has 1 fully saturated rings. The first-order chi connectivity index (χ1) is 10.7. The van der Waals surface area contributed by atoms with Crippen molar-refractivity contribution in [1.29, 1.82) is 0 Å². The van der Waals surface area contributed by atoms with Crippen LogP contribution in [0.1, 0.15) is 18.4 Å². The third-order valence-corrected chi connectivity index (χ3v) is 5.72. The Hall–Kier alpha value is -0.940. The highest BCUT2D eigenvalue weighted by Crippen LogP contribution is 2.25. The summed E-state index contributed by atoms with van der Waals surface area (Å²) in [4.78, 5) is 2.43. The fourth-order valence-corrected chi connectivity index (χ4v) is 4.15. The summed E-state index contributed by atoms with van der Waals surface area (Å²) in [5.74, 6) is 3.03. The summed E-state index contributed by atoms with van der Waals surface area (Å²) in [5.41, 5.74) is 1.37. The van der Waals surface area contributed by atoms with Gasteiger partial charge < -0.3 is 9.29 Å². The van der Waals surface area contributed by atoms with Crippen molar-refractivity contribution >= 4 is 34.4 Å². The van der Waals surface area contributed by atoms with Gasteiger partial charge in [0.1, 0.15) is 17.3 Å². The van der Waals surface area contributed by atoms with Crippen LogP contribution in [-0.4, -0.2) is 47.7 Å². The minimum atomic E-state index is -0.596. The van der Waals surface area contributed by atoms with Crippen LogP contribution in [-0.2, 0) is 11.2 Å². The van der Waals surface area contributed by atoms with E-state index < -0.39 is 11.2 Å². The van der Waals surface area contributed by atoms with Crippen LogP contribution in [0.15, 0.2) is 36.4 Å². The van der Waals surface area contributed by atoms with Crippen LogP contribution in [0, 0.1) is 0 Å². The van der Waals surface area contributed by atoms with E-state index in [0.717, 1.165) is 36.9 Å². The number of methoxy groups -OCH3 is 1. The first-order valence-corrected chi connectivity index (χ1v) is 9.29. The lowest BCUT2D eigenvalue weighted by Gasteiger charge is -2.30. The molecule has 1 aliphatic heterocycles. The SMILES string of the molecule is COc1ccc2cc(C(C)CN3CC[S+]([O-])CC3)ccc2c1.Cl. The average molecular weight is 354 g/mol. The van der Waals surface area contributed by atoms with E-state index in [1.54, 1.807) is 7.11 Å². The van der Waals surface area contributed by atoms with Gasteiger partial charge in [0.15, 0.2) is 0 Å². The van der Waals surface area contributed by atoms with E-state index >= 15 is 0 Å². The largest absolute Gasteiger partial charge is 0.616 e. The van der Waals surface area contributed by atoms with Crippen LogP contribution in [0.3, 0.4) is 0 Å². The van der Waals surface area contributed by atoms with Gasteiger partial charge in [-0.2, -0.15) is 0 Å². The Balaban J connectivity index is 0.00000192. The standard InChI is InChI=1S/C18H23NO2S.ClH/c1-14(13-19-7-9-22(20)10-8-19)15-3-4-17-12-18(21-2)6-5-16(17)11-15;/h3-6,11-12,14H,7-10,13H2,1-2H3;1H. The third kappa shape index (κ3) is 4.54. The molecule has 2 aromatic carbocycles. The average Bonchev–Trinajstić information content (AvgIpc) is 2.56. The molecular weight excluding hydrogens is 330 g/mol. The second kappa shape index (κ2) is 8.25. The van der Waals surface area contributed by atoms with E-state index in [1.807, 2.05) is 6.07 Å². The van der Waals surface area contributed by atoms with Gasteiger partial charge in [-0.15, -0.1) is 12.4 Å². The van der Waals surface area contributed by atoms with Gasteiger partial charge >= 0.3 is 0 Å². The molecule has 0 spiro atoms. The molecule has 0 aromatic heterocycles. The second-order valence-corrected chi connectivity index (χ2v) is 7.72. The number of nitrogens with zero attached hydrogens (tertiary/aromatic N) is 1. The Bertz CT molecular complexity index is 644. The molecule has 0 bridgehead atoms. The number of fused-ring (bicyclic) bond motifs is 1. The van der Waals surface area contributed by atoms with Gasteiger partial charge in [0.05, 0.1) is 7.11 Å². The molecule has 2 aromatic rings. The van der Waals surface area contributed by atoms with E-state index in [4.69, 9.17) is 4.74 Å². The Morgan fingerprint density at radius 2 is 1.78 bits per heavy atom. The van der Waals surface area contributed by atoms with E-state index in [0.29, 0.717) is 5.92 Å². The van der Waals surface area contributed by atoms with Crippen molar-refractivity contribution in [2.75, 3.05) is 38.2 Å². The van der Waals surface area contributed by atoms with Crippen molar-refractivity contribution in [2.24, 2.45) is 0 Å². The fraction of sp³-hybridized carbons (Fsp3) is 0.444. The molecule has 0 aliphatic carbocycles. The first kappa shape index (κ1) is 18.4. The molecule has 3 nitrogen and oxygen atoms in total. The zero-order valence-electron chi connectivity index (χ0n) is 13.7. The maximum atomic E-state index is 11.4. The van der Waals surface area contributed by atoms with Crippen LogP contribution < -0.4 is 4.74 Å². The topological polar surface area (TPSA) is 35.5 Å². The molecular formula is C18H24ClNO2S. The van der Waals surface area contributed by atoms with Crippen molar-refractivity contribution in [1.82, 2.24) is 4.90 Å². The molecule has 0 saturated carbocycles. The summed E-state index contributed by atoms with van der Waals surface area (Å²) < 4.78 is 16.7. The molecule has 3 rings (SSSR count). The molecule has 1 unspecified atom stereocenters. The lowest BCUT2D eigenvalue weighted by atomic mass is 9.97. The van der Waals surface area contributed by atoms with Crippen molar-refractivity contribution < 1.29 is 9.29 Å². The van der Waals surface area contributed by atoms with Crippen LogP contribution in [0.25, 0.3) is 10.8 Å². The van der Waals surface area contributed by atoms with Crippen LogP contribution in [0.5, 0.6) is 5.75 Å². The maximum Gasteiger partial charge on any atom is 0.119 e. The second-order valence-electron chi connectivity index (χ2n) is 6.02. The molecule has 23 heavy (non-hydrogen) atoms. The van der Waals surface area contributed by atoms with Gasteiger partial charge in [-0.3, -0.25) is 4.90 Å². The van der Waals surface area contributed by atoms with Gasteiger partial charge in [0.25, 0.3) is 0 Å². The van der Waals surface area contributed by atoms with Gasteiger partial charge in [0, 0.05) is 19.6 Å². The zero-order chi connectivity index (χ0) is 15.5. The quantitative estimate of drug-likeness (QED) is 0.790. The fourth-order valence-electron chi connectivity index (χ4n) is 3.03. The molecule has 0 amide bonds. The van der Waals surface area contributed by atoms with Crippen LogP contribution in [0.4, 0.5) is 0 Å². The lowest BCUT2D eigenvalue weighted by Crippen LogP contribution is -2.41. The summed E-state index contributed by atoms with van der Waals surface area (Å²) in [6.45, 7) is 5.23. The van der Waals surface area contributed by atoms with Gasteiger partial charge in [0.2, 0.25) is 0 Å². The van der Waals surface area contributed by atoms with E-state index in [-0.39, 0.29) is 12.4 Å². The molecule has 0 radical (unpaired) electrons. The highest BCUT2D eigenvalue weighted by Gasteiger charge is 2.21. The Morgan fingerprint density at radius 3 is 2.48 bits per heavy atom. The summed E-state index contributed by atoms with van der Waals surface area (Å²) in [5, 5.41) is 2.47. The molecule has 1 aliphatic rings. The Labute approximate surface area is 147 Å². The summed E-state index contributed by atoms with van der Waals surface area (Å²) in [7, 11) is 1.70. The molecule has 126 valence electrons. The Kier molecular flexibility index (Phi) is 6.60. The summed E-state index contributed by atoms with van der Waals surface area (Å²) in [6, 6.07) is 12.9. The monoisotopic (exact) mass is 353 g/mol. The third-order valence-electron chi connectivity index (χ3n) is 4.44. The maximum absolute atomic E-state index is 11.4. The highest BCUT2D eigenvalue weighted by molar-refractivity contribution is 7.91. The number of hydrogen-bond acceptors (Lipinski definition) is 3. The van der Waals surface area contributed by atoms with E-state index in [9.17, 15) is 4.55 Å². The molecule has 5 heteroatoms. The van der Waals surface area contributed by atoms with E-state index in [2.05, 4.69) is 42.2 Å². The number of ether oxygens (including phenoxy) is 1. The van der Waals surface area contributed by atoms with Gasteiger partial charge in [-0.25, -0.2) is 0 Å². The number of hydrogen-bond donors (Lipinski definition) is 0. The van der Waals surface area contributed by atoms with Crippen molar-refractivity contribution in [3.8, 4) is 5.75 Å². The zero-order valence-corrected chi connectivity index (χ0v) is 15.3. The molecule has 1 atom stereocenters. The minimum absolute atomic E-state index is 0. The minimum Gasteiger partial charge on any atom is -0.616 e. The van der Waals surface area contributed by atoms with Crippen LogP contribution in [0.2, 0.25) is 0 Å². The first-order valence-electron chi connectivity index (χ1n) is 7.81. The number of benzene rings is 2. The number of rotatable bonds is 4. The summed E-state index contributed by atoms with van der Waals surface area (Å²) >= 11 is -0.596. The number of halogens is 1. The van der Waals surface area contributed by atoms with Crippen molar-refractivity contribution in [3.63, 3.8) is 0 Å². The van der Waals surface area contributed by atoms with E-state index in [1.165, 1.54) is 16.3 Å². The predicted molar refractivity (Wildman–Crippen MR) is 100 cm³/mol. The lowest BCUT2D eigenvalue weighted by molar-refractivity contribution is 0.281. The van der Waals surface area contributed by atoms with Crippen molar-refractivity contribution in [2.45, 2.75) is 12.8 Å². The predicted octanol–water partition coefficient (Wildman–Crippen LogP) is 3.44. The van der Waals surface area contributed by atoms with Crippen molar-refractivity contribution in [3.05, 3.63) is 42.0 Å². The smallest absolute Gasteiger partial charge is 0.119 e. The van der Waals surface area contributed by atoms with Gasteiger partial charge in [-0.1, -0.05) is 42.4 Å². The molecule has 0 N–H and O–H groups in total. The molecule has 1 saturated heterocycles. The van der Waals surface area contributed by atoms with Crippen LogP contribution >= 0.6 is 12.4 Å².